The number of ether oxygens (including phenoxy) is 4. The van der Waals surface area contributed by atoms with Crippen LogP contribution in [0.4, 0.5) is 0 Å². The number of rotatable bonds is 12. The lowest BCUT2D eigenvalue weighted by molar-refractivity contribution is 0.0676. The van der Waals surface area contributed by atoms with Gasteiger partial charge in [-0.3, -0.25) is 4.79 Å². The van der Waals surface area contributed by atoms with Crippen molar-refractivity contribution < 1.29 is 28.8 Å². The fourth-order valence-corrected chi connectivity index (χ4v) is 3.92. The highest BCUT2D eigenvalue weighted by atomic mass is 16.5. The van der Waals surface area contributed by atoms with E-state index >= 15 is 0 Å². The lowest BCUT2D eigenvalue weighted by atomic mass is 10.1. The van der Waals surface area contributed by atoms with Gasteiger partial charge in [0.1, 0.15) is 5.75 Å². The van der Waals surface area contributed by atoms with Gasteiger partial charge in [-0.05, 0) is 75.2 Å². The summed E-state index contributed by atoms with van der Waals surface area (Å²) in [6, 6.07) is 12.9. The van der Waals surface area contributed by atoms with Gasteiger partial charge in [-0.25, -0.2) is 0 Å². The molecule has 1 fully saturated rings. The molecule has 3 rings (SSSR count). The topological polar surface area (TPSA) is 89.5 Å². The van der Waals surface area contributed by atoms with Gasteiger partial charge in [-0.1, -0.05) is 12.1 Å². The van der Waals surface area contributed by atoms with Crippen LogP contribution in [0.15, 0.2) is 42.5 Å². The van der Waals surface area contributed by atoms with Gasteiger partial charge < -0.3 is 34.3 Å². The summed E-state index contributed by atoms with van der Waals surface area (Å²) in [6.07, 6.45) is 1.90. The standard InChI is InChI=1S/C20H32N2O4.C8H10O2/c1-15(2)22(14-16-8-9-21-13-16)20(23)17-6-7-18(25-4)19(12-17)26-11-5-10-24-3;1-10-8-4-2-3-7(5-8)6-9/h6-7,12,15-16,21H,5,8-11,13-14H2,1-4H3;2-5,9H,6H2,1H3. The molecule has 200 valence electrons. The third-order valence-electron chi connectivity index (χ3n) is 5.98. The Morgan fingerprint density at radius 2 is 1.89 bits per heavy atom. The molecule has 0 spiro atoms. The van der Waals surface area contributed by atoms with Crippen molar-refractivity contribution in [3.05, 3.63) is 53.6 Å². The van der Waals surface area contributed by atoms with Gasteiger partial charge in [-0.2, -0.15) is 0 Å². The molecular weight excluding hydrogens is 460 g/mol. The molecule has 0 saturated carbocycles. The van der Waals surface area contributed by atoms with Crippen LogP contribution in [0.5, 0.6) is 17.2 Å². The highest BCUT2D eigenvalue weighted by molar-refractivity contribution is 5.95. The smallest absolute Gasteiger partial charge is 0.254 e. The molecule has 1 amide bonds. The normalized spacial score (nSPS) is 14.7. The summed E-state index contributed by atoms with van der Waals surface area (Å²) in [4.78, 5) is 15.0. The first-order chi connectivity index (χ1) is 17.4. The van der Waals surface area contributed by atoms with Crippen LogP contribution in [0.1, 0.15) is 42.6 Å². The Kier molecular flexibility index (Phi) is 13.1. The van der Waals surface area contributed by atoms with Crippen molar-refractivity contribution in [2.75, 3.05) is 54.2 Å². The predicted octanol–water partition coefficient (Wildman–Crippen LogP) is 3.76. The van der Waals surface area contributed by atoms with Gasteiger partial charge >= 0.3 is 0 Å². The molecule has 2 aromatic carbocycles. The second-order valence-corrected chi connectivity index (χ2v) is 8.98. The average Bonchev–Trinajstić information content (AvgIpc) is 3.43. The molecule has 1 saturated heterocycles. The van der Waals surface area contributed by atoms with Crippen molar-refractivity contribution in [1.82, 2.24) is 10.2 Å². The van der Waals surface area contributed by atoms with Gasteiger partial charge in [0.25, 0.3) is 5.91 Å². The first-order valence-corrected chi connectivity index (χ1v) is 12.5. The molecule has 1 heterocycles. The summed E-state index contributed by atoms with van der Waals surface area (Å²) < 4.78 is 21.2. The molecule has 1 unspecified atom stereocenters. The van der Waals surface area contributed by atoms with E-state index in [-0.39, 0.29) is 18.6 Å². The Labute approximate surface area is 215 Å². The summed E-state index contributed by atoms with van der Waals surface area (Å²) in [5.41, 5.74) is 1.51. The van der Waals surface area contributed by atoms with E-state index in [1.165, 1.54) is 0 Å². The SMILES string of the molecule is COCCCOc1cc(C(=O)N(CC2CCNC2)C(C)C)ccc1OC.COc1cccc(CO)c1. The van der Waals surface area contributed by atoms with E-state index in [0.29, 0.717) is 36.2 Å². The van der Waals surface area contributed by atoms with Crippen LogP contribution in [-0.2, 0) is 11.3 Å². The molecule has 1 aliphatic rings. The van der Waals surface area contributed by atoms with Crippen LogP contribution in [0.3, 0.4) is 0 Å². The maximum Gasteiger partial charge on any atom is 0.254 e. The predicted molar refractivity (Wildman–Crippen MR) is 141 cm³/mol. The van der Waals surface area contributed by atoms with Gasteiger partial charge in [0.2, 0.25) is 0 Å². The number of carbonyl (C=O) groups is 1. The van der Waals surface area contributed by atoms with Crippen LogP contribution >= 0.6 is 0 Å². The van der Waals surface area contributed by atoms with Gasteiger partial charge in [0.05, 0.1) is 27.4 Å². The lowest BCUT2D eigenvalue weighted by Crippen LogP contribution is -2.40. The van der Waals surface area contributed by atoms with Crippen LogP contribution in [-0.4, -0.2) is 76.1 Å². The lowest BCUT2D eigenvalue weighted by Gasteiger charge is -2.29. The Morgan fingerprint density at radius 3 is 2.50 bits per heavy atom. The van der Waals surface area contributed by atoms with Crippen molar-refractivity contribution in [2.45, 2.75) is 39.3 Å². The number of nitrogens with one attached hydrogen (secondary N) is 1. The van der Waals surface area contributed by atoms with E-state index < -0.39 is 0 Å². The van der Waals surface area contributed by atoms with Gasteiger partial charge in [0, 0.05) is 38.3 Å². The molecule has 0 radical (unpaired) electrons. The fraction of sp³-hybridized carbons (Fsp3) is 0.536. The number of aliphatic hydroxyl groups excluding tert-OH is 1. The van der Waals surface area contributed by atoms with Gasteiger partial charge in [-0.15, -0.1) is 0 Å². The van der Waals surface area contributed by atoms with Crippen LogP contribution in [0, 0.1) is 5.92 Å². The van der Waals surface area contributed by atoms with E-state index in [0.717, 1.165) is 43.8 Å². The van der Waals surface area contributed by atoms with E-state index in [1.807, 2.05) is 29.2 Å². The zero-order valence-electron chi connectivity index (χ0n) is 22.3. The maximum atomic E-state index is 13.1. The van der Waals surface area contributed by atoms with Crippen LogP contribution in [0.2, 0.25) is 0 Å². The van der Waals surface area contributed by atoms with E-state index in [1.54, 1.807) is 39.5 Å². The number of hydrogen-bond donors (Lipinski definition) is 2. The highest BCUT2D eigenvalue weighted by Gasteiger charge is 2.25. The highest BCUT2D eigenvalue weighted by Crippen LogP contribution is 2.29. The third-order valence-corrected chi connectivity index (χ3v) is 5.98. The molecule has 0 aromatic heterocycles. The minimum absolute atomic E-state index is 0.0382. The molecule has 1 atom stereocenters. The minimum Gasteiger partial charge on any atom is -0.497 e. The average molecular weight is 503 g/mol. The van der Waals surface area contributed by atoms with Gasteiger partial charge in [0.15, 0.2) is 11.5 Å². The number of benzene rings is 2. The van der Waals surface area contributed by atoms with Crippen molar-refractivity contribution in [2.24, 2.45) is 5.92 Å². The van der Waals surface area contributed by atoms with Crippen molar-refractivity contribution in [1.29, 1.82) is 0 Å². The molecule has 1 aliphatic heterocycles. The number of carbonyl (C=O) groups excluding carboxylic acids is 1. The molecular formula is C28H42N2O6. The molecule has 8 heteroatoms. The number of nitrogens with zero attached hydrogens (tertiary/aromatic N) is 1. The Bertz CT molecular complexity index is 895. The molecule has 2 N–H and O–H groups in total. The number of amides is 1. The first-order valence-electron chi connectivity index (χ1n) is 12.5. The quantitative estimate of drug-likeness (QED) is 0.427. The van der Waals surface area contributed by atoms with E-state index in [2.05, 4.69) is 19.2 Å². The summed E-state index contributed by atoms with van der Waals surface area (Å²) in [7, 11) is 4.88. The Hall–Kier alpha value is -2.81. The first kappa shape index (κ1) is 29.4. The fourth-order valence-electron chi connectivity index (χ4n) is 3.92. The maximum absolute atomic E-state index is 13.1. The summed E-state index contributed by atoms with van der Waals surface area (Å²) in [5.74, 6) is 2.57. The van der Waals surface area contributed by atoms with Crippen molar-refractivity contribution in [3.8, 4) is 17.2 Å². The number of hydrogen-bond acceptors (Lipinski definition) is 7. The van der Waals surface area contributed by atoms with E-state index in [4.69, 9.17) is 24.1 Å². The molecule has 36 heavy (non-hydrogen) atoms. The Balaban J connectivity index is 0.000000380. The monoisotopic (exact) mass is 502 g/mol. The zero-order valence-corrected chi connectivity index (χ0v) is 22.3. The zero-order chi connectivity index (χ0) is 26.3. The van der Waals surface area contributed by atoms with Crippen LogP contribution in [0.25, 0.3) is 0 Å². The minimum atomic E-state index is 0.0382. The number of aliphatic hydroxyl groups is 1. The summed E-state index contributed by atoms with van der Waals surface area (Å²) in [5, 5.41) is 12.1. The molecule has 0 bridgehead atoms. The molecule has 0 aliphatic carbocycles. The second-order valence-electron chi connectivity index (χ2n) is 8.98. The second kappa shape index (κ2) is 16.0. The van der Waals surface area contributed by atoms with Crippen LogP contribution < -0.4 is 19.5 Å². The number of methoxy groups -OCH3 is 3. The summed E-state index contributed by atoms with van der Waals surface area (Å²) in [6.45, 7) is 8.13. The Morgan fingerprint density at radius 1 is 1.08 bits per heavy atom. The van der Waals surface area contributed by atoms with Crippen molar-refractivity contribution >= 4 is 5.91 Å². The third kappa shape index (κ3) is 9.33. The summed E-state index contributed by atoms with van der Waals surface area (Å²) >= 11 is 0. The molecule has 8 nitrogen and oxygen atoms in total. The largest absolute Gasteiger partial charge is 0.497 e. The van der Waals surface area contributed by atoms with Crippen molar-refractivity contribution in [3.63, 3.8) is 0 Å². The molecule has 2 aromatic rings. The van der Waals surface area contributed by atoms with E-state index in [9.17, 15) is 4.79 Å².